The topological polar surface area (TPSA) is 64.1 Å². The van der Waals surface area contributed by atoms with Crippen molar-refractivity contribution in [3.05, 3.63) is 45.3 Å². The van der Waals surface area contributed by atoms with Crippen molar-refractivity contribution in [2.24, 2.45) is 0 Å². The fourth-order valence-electron chi connectivity index (χ4n) is 2.67. The first-order valence-corrected chi connectivity index (χ1v) is 9.28. The maximum absolute atomic E-state index is 12.5. The fraction of sp³-hybridized carbons (Fsp3) is 0.235. The predicted molar refractivity (Wildman–Crippen MR) is 96.1 cm³/mol. The molecule has 1 N–H and O–H groups in total. The van der Waals surface area contributed by atoms with Gasteiger partial charge in [-0.25, -0.2) is 0 Å². The predicted octanol–water partition coefficient (Wildman–Crippen LogP) is 4.28. The molecule has 0 radical (unpaired) electrons. The van der Waals surface area contributed by atoms with Crippen molar-refractivity contribution >= 4 is 33.7 Å². The zero-order valence-electron chi connectivity index (χ0n) is 13.3. The van der Waals surface area contributed by atoms with Gasteiger partial charge in [-0.05, 0) is 31.0 Å². The molecule has 3 heterocycles. The van der Waals surface area contributed by atoms with Crippen LogP contribution in [0.5, 0.6) is 5.75 Å². The quantitative estimate of drug-likeness (QED) is 0.760. The smallest absolute Gasteiger partial charge is 0.267 e. The van der Waals surface area contributed by atoms with Gasteiger partial charge in [0.05, 0.1) is 4.88 Å². The summed E-state index contributed by atoms with van der Waals surface area (Å²) in [5, 5.41) is 12.3. The molecular weight excluding hydrogens is 342 g/mol. The third kappa shape index (κ3) is 2.59. The number of aromatic nitrogens is 2. The van der Waals surface area contributed by atoms with Crippen LogP contribution in [0.1, 0.15) is 32.7 Å². The molecule has 122 valence electrons. The Kier molecular flexibility index (Phi) is 3.82. The van der Waals surface area contributed by atoms with Crippen molar-refractivity contribution in [3.8, 4) is 16.2 Å². The van der Waals surface area contributed by atoms with Gasteiger partial charge in [-0.3, -0.25) is 10.1 Å². The Morgan fingerprint density at radius 3 is 3.00 bits per heavy atom. The van der Waals surface area contributed by atoms with E-state index in [0.717, 1.165) is 38.7 Å². The molecule has 0 unspecified atom stereocenters. The van der Waals surface area contributed by atoms with Crippen molar-refractivity contribution in [2.45, 2.75) is 26.9 Å². The van der Waals surface area contributed by atoms with Gasteiger partial charge in [0.15, 0.2) is 0 Å². The van der Waals surface area contributed by atoms with Gasteiger partial charge in [0, 0.05) is 16.0 Å². The summed E-state index contributed by atoms with van der Waals surface area (Å²) in [5.74, 6) is 0.733. The molecule has 1 aromatic carbocycles. The molecule has 0 aliphatic carbocycles. The van der Waals surface area contributed by atoms with Crippen LogP contribution in [0.2, 0.25) is 0 Å². The van der Waals surface area contributed by atoms with Crippen LogP contribution < -0.4 is 10.1 Å². The molecule has 2 aromatic heterocycles. The highest BCUT2D eigenvalue weighted by molar-refractivity contribution is 7.18. The molecule has 7 heteroatoms. The minimum Gasteiger partial charge on any atom is -0.488 e. The average molecular weight is 357 g/mol. The number of carbonyl (C=O) groups is 1. The molecule has 0 fully saturated rings. The average Bonchev–Trinajstić information content (AvgIpc) is 3.21. The summed E-state index contributed by atoms with van der Waals surface area (Å²) in [5.41, 5.74) is 3.30. The summed E-state index contributed by atoms with van der Waals surface area (Å²) < 4.78 is 5.81. The van der Waals surface area contributed by atoms with Crippen LogP contribution in [0.4, 0.5) is 5.13 Å². The Morgan fingerprint density at radius 1 is 1.33 bits per heavy atom. The number of rotatable bonds is 3. The fourth-order valence-corrected chi connectivity index (χ4v) is 4.52. The van der Waals surface area contributed by atoms with Crippen molar-refractivity contribution < 1.29 is 9.53 Å². The van der Waals surface area contributed by atoms with E-state index in [2.05, 4.69) is 28.5 Å². The first-order valence-electron chi connectivity index (χ1n) is 7.65. The monoisotopic (exact) mass is 357 g/mol. The highest BCUT2D eigenvalue weighted by Crippen LogP contribution is 2.44. The Morgan fingerprint density at radius 2 is 2.21 bits per heavy atom. The van der Waals surface area contributed by atoms with Crippen LogP contribution >= 0.6 is 22.7 Å². The van der Waals surface area contributed by atoms with Gasteiger partial charge in [-0.15, -0.1) is 21.5 Å². The van der Waals surface area contributed by atoms with Crippen LogP contribution in [0, 0.1) is 6.92 Å². The first kappa shape index (κ1) is 15.3. The molecule has 0 atom stereocenters. The molecule has 0 saturated carbocycles. The highest BCUT2D eigenvalue weighted by atomic mass is 32.1. The third-order valence-electron chi connectivity index (χ3n) is 3.87. The number of hydrogen-bond donors (Lipinski definition) is 1. The van der Waals surface area contributed by atoms with Crippen LogP contribution in [0.15, 0.2) is 24.3 Å². The minimum absolute atomic E-state index is 0.150. The Balaban J connectivity index is 1.65. The van der Waals surface area contributed by atoms with Crippen LogP contribution in [-0.2, 0) is 13.0 Å². The van der Waals surface area contributed by atoms with Crippen molar-refractivity contribution in [2.75, 3.05) is 5.32 Å². The lowest BCUT2D eigenvalue weighted by molar-refractivity contribution is 0.103. The normalized spacial score (nSPS) is 12.2. The van der Waals surface area contributed by atoms with Crippen molar-refractivity contribution in [1.82, 2.24) is 10.2 Å². The van der Waals surface area contributed by atoms with E-state index in [9.17, 15) is 4.79 Å². The largest absolute Gasteiger partial charge is 0.488 e. The Bertz CT molecular complexity index is 930. The van der Waals surface area contributed by atoms with Gasteiger partial charge >= 0.3 is 0 Å². The molecular formula is C17H15N3O2S2. The summed E-state index contributed by atoms with van der Waals surface area (Å²) in [6, 6.07) is 7.93. The number of benzene rings is 1. The van der Waals surface area contributed by atoms with Gasteiger partial charge in [0.2, 0.25) is 5.13 Å². The molecule has 24 heavy (non-hydrogen) atoms. The van der Waals surface area contributed by atoms with E-state index in [4.69, 9.17) is 4.74 Å². The number of nitrogens with zero attached hydrogens (tertiary/aromatic N) is 2. The number of nitrogens with one attached hydrogen (secondary N) is 1. The van der Waals surface area contributed by atoms with Crippen molar-refractivity contribution in [1.29, 1.82) is 0 Å². The van der Waals surface area contributed by atoms with E-state index in [0.29, 0.717) is 16.6 Å². The molecule has 5 nitrogen and oxygen atoms in total. The van der Waals surface area contributed by atoms with Crippen LogP contribution in [0.25, 0.3) is 10.4 Å². The van der Waals surface area contributed by atoms with E-state index in [1.165, 1.54) is 22.7 Å². The minimum atomic E-state index is -0.150. The summed E-state index contributed by atoms with van der Waals surface area (Å²) in [6.07, 6.45) is 0.814. The zero-order chi connectivity index (χ0) is 16.7. The molecule has 1 aliphatic rings. The lowest BCUT2D eigenvalue weighted by Gasteiger charge is -2.19. The zero-order valence-corrected chi connectivity index (χ0v) is 14.9. The number of hydrogen-bond acceptors (Lipinski definition) is 6. The first-order chi connectivity index (χ1) is 11.7. The number of thiophene rings is 1. The third-order valence-corrected chi connectivity index (χ3v) is 6.04. The lowest BCUT2D eigenvalue weighted by Crippen LogP contribution is -2.09. The summed E-state index contributed by atoms with van der Waals surface area (Å²) in [7, 11) is 0. The molecule has 1 amide bonds. The van der Waals surface area contributed by atoms with Gasteiger partial charge in [-0.2, -0.15) is 0 Å². The van der Waals surface area contributed by atoms with Crippen LogP contribution in [0.3, 0.4) is 0 Å². The Labute approximate surface area is 147 Å². The highest BCUT2D eigenvalue weighted by Gasteiger charge is 2.24. The van der Waals surface area contributed by atoms with E-state index < -0.39 is 0 Å². The number of carbonyl (C=O) groups excluding carboxylic acids is 1. The van der Waals surface area contributed by atoms with Crippen molar-refractivity contribution in [3.63, 3.8) is 0 Å². The van der Waals surface area contributed by atoms with Gasteiger partial charge in [0.25, 0.3) is 5.91 Å². The molecule has 0 spiro atoms. The second-order valence-electron chi connectivity index (χ2n) is 5.51. The maximum Gasteiger partial charge on any atom is 0.267 e. The van der Waals surface area contributed by atoms with E-state index >= 15 is 0 Å². The van der Waals surface area contributed by atoms with Gasteiger partial charge in [-0.1, -0.05) is 30.4 Å². The maximum atomic E-state index is 12.5. The molecule has 4 rings (SSSR count). The molecule has 1 aliphatic heterocycles. The summed E-state index contributed by atoms with van der Waals surface area (Å²) >= 11 is 2.90. The number of ether oxygens (including phenoxy) is 1. The molecule has 3 aromatic rings. The lowest BCUT2D eigenvalue weighted by atomic mass is 10.0. The molecule has 0 saturated heterocycles. The molecule has 0 bridgehead atoms. The standard InChI is InChI=1S/C17H15N3O2S2/c1-3-13-19-20-17(24-13)18-16(21)12-7-10-8-22-11-6-4-5-9(2)14(11)15(10)23-12/h4-7H,3,8H2,1-2H3,(H,18,20,21). The summed E-state index contributed by atoms with van der Waals surface area (Å²) in [6.45, 7) is 4.57. The summed E-state index contributed by atoms with van der Waals surface area (Å²) in [4.78, 5) is 14.3. The van der Waals surface area contributed by atoms with Crippen LogP contribution in [-0.4, -0.2) is 16.1 Å². The SMILES string of the molecule is CCc1nnc(NC(=O)c2cc3c(s2)-c2c(C)cccc2OC3)s1. The van der Waals surface area contributed by atoms with Gasteiger partial charge in [0.1, 0.15) is 17.4 Å². The number of aryl methyl sites for hydroxylation is 2. The van der Waals surface area contributed by atoms with E-state index in [1.54, 1.807) is 0 Å². The Hall–Kier alpha value is -2.25. The second kappa shape index (κ2) is 5.99. The number of anilines is 1. The van der Waals surface area contributed by atoms with Gasteiger partial charge < -0.3 is 4.74 Å². The van der Waals surface area contributed by atoms with E-state index in [1.807, 2.05) is 25.1 Å². The number of fused-ring (bicyclic) bond motifs is 3. The number of amides is 1. The second-order valence-corrected chi connectivity index (χ2v) is 7.62. The van der Waals surface area contributed by atoms with E-state index in [-0.39, 0.29) is 5.91 Å².